The van der Waals surface area contributed by atoms with E-state index in [0.717, 1.165) is 16.0 Å². The molecule has 2 aliphatic heterocycles. The molecule has 0 spiro atoms. The Kier molecular flexibility index (Phi) is 4.50. The van der Waals surface area contributed by atoms with Gasteiger partial charge < -0.3 is 4.74 Å². The maximum Gasteiger partial charge on any atom is 0.326 e. The maximum absolute atomic E-state index is 13.4. The van der Waals surface area contributed by atoms with Crippen LogP contribution in [0, 0.1) is 24.6 Å². The first-order valence-electron chi connectivity index (χ1n) is 9.34. The third kappa shape index (κ3) is 2.84. The minimum Gasteiger partial charge on any atom is -0.468 e. The zero-order valence-electron chi connectivity index (χ0n) is 16.3. The number of ether oxygens (including phenoxy) is 1. The molecule has 0 unspecified atom stereocenters. The van der Waals surface area contributed by atoms with Crippen molar-refractivity contribution in [3.05, 3.63) is 65.5 Å². The van der Waals surface area contributed by atoms with Crippen LogP contribution in [-0.4, -0.2) is 30.4 Å². The Morgan fingerprint density at radius 3 is 2.45 bits per heavy atom. The van der Waals surface area contributed by atoms with Crippen LogP contribution in [0.1, 0.15) is 24.1 Å². The van der Waals surface area contributed by atoms with Gasteiger partial charge in [0.15, 0.2) is 0 Å². The summed E-state index contributed by atoms with van der Waals surface area (Å²) in [5.74, 6) is -3.70. The number of fused-ring (bicyclic) bond motifs is 1. The topological polar surface area (TPSA) is 75.7 Å². The van der Waals surface area contributed by atoms with E-state index in [-0.39, 0.29) is 5.69 Å². The van der Waals surface area contributed by atoms with Gasteiger partial charge in [0, 0.05) is 6.04 Å². The Bertz CT molecular complexity index is 1010. The van der Waals surface area contributed by atoms with Gasteiger partial charge in [-0.15, -0.1) is 0 Å². The lowest BCUT2D eigenvalue weighted by atomic mass is 9.80. The standard InChI is InChI=1S/C22H21FN2O4/c1-12-5-4-6-13(11-12)18-16-17(22(2,24-18)21(28)29-3)20(27)25(19(16)26)15-9-7-14(23)8-10-15/h4-11,16-18,24H,1-3H3/t16-,17+,18-,22-/m1/s1. The lowest BCUT2D eigenvalue weighted by Crippen LogP contribution is -2.54. The fourth-order valence-corrected chi connectivity index (χ4v) is 4.53. The van der Waals surface area contributed by atoms with Gasteiger partial charge in [-0.05, 0) is 43.7 Å². The molecule has 4 rings (SSSR count). The molecule has 7 heteroatoms. The first-order chi connectivity index (χ1) is 13.8. The van der Waals surface area contributed by atoms with Crippen LogP contribution in [-0.2, 0) is 19.1 Å². The van der Waals surface area contributed by atoms with E-state index >= 15 is 0 Å². The molecule has 150 valence electrons. The number of imide groups is 1. The van der Waals surface area contributed by atoms with Crippen molar-refractivity contribution < 1.29 is 23.5 Å². The summed E-state index contributed by atoms with van der Waals surface area (Å²) in [4.78, 5) is 40.4. The number of aryl methyl sites for hydroxylation is 1. The van der Waals surface area contributed by atoms with Gasteiger partial charge in [0.2, 0.25) is 11.8 Å². The third-order valence-corrected chi connectivity index (χ3v) is 5.88. The smallest absolute Gasteiger partial charge is 0.326 e. The molecule has 0 radical (unpaired) electrons. The highest BCUT2D eigenvalue weighted by Gasteiger charge is 2.67. The summed E-state index contributed by atoms with van der Waals surface area (Å²) in [5.41, 5.74) is 0.732. The number of amides is 2. The Morgan fingerprint density at radius 1 is 1.14 bits per heavy atom. The van der Waals surface area contributed by atoms with E-state index in [0.29, 0.717) is 0 Å². The van der Waals surface area contributed by atoms with E-state index in [1.165, 1.54) is 31.4 Å². The summed E-state index contributed by atoms with van der Waals surface area (Å²) in [5, 5.41) is 3.20. The first-order valence-corrected chi connectivity index (χ1v) is 9.34. The molecule has 29 heavy (non-hydrogen) atoms. The number of benzene rings is 2. The van der Waals surface area contributed by atoms with E-state index in [4.69, 9.17) is 4.74 Å². The number of methoxy groups -OCH3 is 1. The lowest BCUT2D eigenvalue weighted by molar-refractivity contribution is -0.151. The molecular formula is C22H21FN2O4. The Hall–Kier alpha value is -3.06. The van der Waals surface area contributed by atoms with Crippen LogP contribution < -0.4 is 10.2 Å². The summed E-state index contributed by atoms with van der Waals surface area (Å²) in [6.07, 6.45) is 0. The van der Waals surface area contributed by atoms with Crippen LogP contribution in [0.25, 0.3) is 0 Å². The van der Waals surface area contributed by atoms with Crippen LogP contribution in [0.2, 0.25) is 0 Å². The first kappa shape index (κ1) is 19.3. The van der Waals surface area contributed by atoms with E-state index in [1.54, 1.807) is 6.92 Å². The number of halogens is 1. The largest absolute Gasteiger partial charge is 0.468 e. The van der Waals surface area contributed by atoms with Crippen molar-refractivity contribution in [2.75, 3.05) is 12.0 Å². The molecule has 2 aromatic rings. The predicted octanol–water partition coefficient (Wildman–Crippen LogP) is 2.52. The van der Waals surface area contributed by atoms with Crippen LogP contribution in [0.4, 0.5) is 10.1 Å². The summed E-state index contributed by atoms with van der Waals surface area (Å²) in [7, 11) is 1.25. The van der Waals surface area contributed by atoms with Crippen molar-refractivity contribution >= 4 is 23.5 Å². The molecular weight excluding hydrogens is 375 g/mol. The lowest BCUT2D eigenvalue weighted by Gasteiger charge is -2.28. The summed E-state index contributed by atoms with van der Waals surface area (Å²) in [6.45, 7) is 3.52. The molecule has 1 N–H and O–H groups in total. The number of carbonyl (C=O) groups is 3. The molecule has 0 saturated carbocycles. The van der Waals surface area contributed by atoms with Gasteiger partial charge in [-0.1, -0.05) is 29.8 Å². The highest BCUT2D eigenvalue weighted by Crippen LogP contribution is 2.50. The summed E-state index contributed by atoms with van der Waals surface area (Å²) < 4.78 is 18.3. The van der Waals surface area contributed by atoms with Gasteiger partial charge in [0.05, 0.1) is 24.6 Å². The highest BCUT2D eigenvalue weighted by molar-refractivity contribution is 6.24. The molecule has 0 aliphatic carbocycles. The second-order valence-corrected chi connectivity index (χ2v) is 7.72. The van der Waals surface area contributed by atoms with Gasteiger partial charge >= 0.3 is 5.97 Å². The van der Waals surface area contributed by atoms with Crippen molar-refractivity contribution in [1.82, 2.24) is 5.32 Å². The number of nitrogens with zero attached hydrogens (tertiary/aromatic N) is 1. The fourth-order valence-electron chi connectivity index (χ4n) is 4.53. The molecule has 0 aromatic heterocycles. The minimum absolute atomic E-state index is 0.283. The Balaban J connectivity index is 1.83. The molecule has 2 fully saturated rings. The zero-order chi connectivity index (χ0) is 20.9. The van der Waals surface area contributed by atoms with Crippen LogP contribution in [0.3, 0.4) is 0 Å². The molecule has 6 nitrogen and oxygen atoms in total. The van der Waals surface area contributed by atoms with E-state index in [1.807, 2.05) is 31.2 Å². The van der Waals surface area contributed by atoms with Crippen LogP contribution in [0.5, 0.6) is 0 Å². The number of carbonyl (C=O) groups excluding carboxylic acids is 3. The van der Waals surface area contributed by atoms with Gasteiger partial charge in [0.1, 0.15) is 11.4 Å². The zero-order valence-corrected chi connectivity index (χ0v) is 16.3. The number of rotatable bonds is 3. The summed E-state index contributed by atoms with van der Waals surface area (Å²) >= 11 is 0. The van der Waals surface area contributed by atoms with Crippen molar-refractivity contribution in [2.24, 2.45) is 11.8 Å². The number of esters is 1. The fraction of sp³-hybridized carbons (Fsp3) is 0.318. The molecule has 2 aliphatic rings. The van der Waals surface area contributed by atoms with E-state index < -0.39 is 47.0 Å². The summed E-state index contributed by atoms with van der Waals surface area (Å²) in [6, 6.07) is 12.2. The highest BCUT2D eigenvalue weighted by atomic mass is 19.1. The average Bonchev–Trinajstić information content (AvgIpc) is 3.16. The SMILES string of the molecule is COC(=O)[C@]1(C)N[C@H](c2cccc(C)c2)[C@@H]2C(=O)N(c3ccc(F)cc3)C(=O)[C@H]21. The van der Waals surface area contributed by atoms with Gasteiger partial charge in [-0.2, -0.15) is 0 Å². The molecule has 2 saturated heterocycles. The van der Waals surface area contributed by atoms with Crippen LogP contribution in [0.15, 0.2) is 48.5 Å². The average molecular weight is 396 g/mol. The van der Waals surface area contributed by atoms with Gasteiger partial charge in [0.25, 0.3) is 0 Å². The molecule has 2 heterocycles. The Morgan fingerprint density at radius 2 is 1.83 bits per heavy atom. The monoisotopic (exact) mass is 396 g/mol. The van der Waals surface area contributed by atoms with Crippen molar-refractivity contribution in [3.63, 3.8) is 0 Å². The van der Waals surface area contributed by atoms with Gasteiger partial charge in [-0.3, -0.25) is 19.7 Å². The number of nitrogens with one attached hydrogen (secondary N) is 1. The third-order valence-electron chi connectivity index (χ3n) is 5.88. The normalized spacial score (nSPS) is 28.6. The van der Waals surface area contributed by atoms with E-state index in [9.17, 15) is 18.8 Å². The number of hydrogen-bond acceptors (Lipinski definition) is 5. The van der Waals surface area contributed by atoms with Crippen molar-refractivity contribution in [2.45, 2.75) is 25.4 Å². The molecule has 0 bridgehead atoms. The quantitative estimate of drug-likeness (QED) is 0.637. The molecule has 2 aromatic carbocycles. The minimum atomic E-state index is -1.37. The van der Waals surface area contributed by atoms with Crippen molar-refractivity contribution in [1.29, 1.82) is 0 Å². The predicted molar refractivity (Wildman–Crippen MR) is 103 cm³/mol. The van der Waals surface area contributed by atoms with E-state index in [2.05, 4.69) is 5.32 Å². The maximum atomic E-state index is 13.4. The molecule has 4 atom stereocenters. The Labute approximate surface area is 167 Å². The van der Waals surface area contributed by atoms with Gasteiger partial charge in [-0.25, -0.2) is 9.29 Å². The number of anilines is 1. The second kappa shape index (κ2) is 6.77. The molecule has 2 amide bonds. The van der Waals surface area contributed by atoms with Crippen LogP contribution >= 0.6 is 0 Å². The van der Waals surface area contributed by atoms with Crippen molar-refractivity contribution in [3.8, 4) is 0 Å². The number of hydrogen-bond donors (Lipinski definition) is 1. The second-order valence-electron chi connectivity index (χ2n) is 7.72.